The maximum absolute atomic E-state index is 11.5. The van der Waals surface area contributed by atoms with Gasteiger partial charge in [0, 0.05) is 31.2 Å². The van der Waals surface area contributed by atoms with Gasteiger partial charge < -0.3 is 38.5 Å². The molecule has 3 atom stereocenters. The Hall–Kier alpha value is -4.40. The summed E-state index contributed by atoms with van der Waals surface area (Å²) in [6.45, 7) is 1.92. The Labute approximate surface area is 264 Å². The van der Waals surface area contributed by atoms with E-state index in [0.29, 0.717) is 45.4 Å². The minimum absolute atomic E-state index is 0.00176. The summed E-state index contributed by atoms with van der Waals surface area (Å²) < 4.78 is 25.2. The van der Waals surface area contributed by atoms with Gasteiger partial charge in [0.05, 0.1) is 54.0 Å². The van der Waals surface area contributed by atoms with E-state index in [9.17, 15) is 10.2 Å². The molecule has 4 aliphatic rings. The highest BCUT2D eigenvalue weighted by Gasteiger charge is 2.41. The molecule has 234 valence electrons. The van der Waals surface area contributed by atoms with Crippen LogP contribution in [0.4, 0.5) is 0 Å². The molecule has 8 heteroatoms. The van der Waals surface area contributed by atoms with Crippen molar-refractivity contribution >= 4 is 0 Å². The second kappa shape index (κ2) is 11.2. The van der Waals surface area contributed by atoms with Crippen LogP contribution in [-0.2, 0) is 25.7 Å². The molecule has 0 aromatic heterocycles. The van der Waals surface area contributed by atoms with E-state index >= 15 is 0 Å². The van der Waals surface area contributed by atoms with Crippen LogP contribution in [0.3, 0.4) is 0 Å². The third-order valence-corrected chi connectivity index (χ3v) is 10.1. The number of hydrogen-bond acceptors (Lipinski definition) is 6. The van der Waals surface area contributed by atoms with Crippen LogP contribution in [0.1, 0.15) is 45.5 Å². The standard InChI is InChI=1S/C37H40N2O6/c1-38-14-12-24-19-32(42-4)33-21-27(24)28(38)16-22-6-9-26(10-7-22)44-37-35-25(20-34(43-5)36(37)41)13-15-39(2,3)29(35)17-23-8-11-30(40)31(18-23)45-33/h6-11,18-21,28-29H,12-17H2,1-5H3,(H-,40,41)/p+2/t28-,29?/m0/s1. The van der Waals surface area contributed by atoms with Crippen LogP contribution in [0.2, 0.25) is 0 Å². The maximum atomic E-state index is 11.5. The second-order valence-corrected chi connectivity index (χ2v) is 13.3. The summed E-state index contributed by atoms with van der Waals surface area (Å²) in [5, 5.41) is 22.5. The monoisotopic (exact) mass is 610 g/mol. The number of quaternary nitrogens is 2. The van der Waals surface area contributed by atoms with Crippen molar-refractivity contribution in [3.63, 3.8) is 0 Å². The van der Waals surface area contributed by atoms with Gasteiger partial charge in [-0.3, -0.25) is 0 Å². The fourth-order valence-corrected chi connectivity index (χ4v) is 7.39. The Morgan fingerprint density at radius 1 is 0.800 bits per heavy atom. The summed E-state index contributed by atoms with van der Waals surface area (Å²) >= 11 is 0. The molecule has 6 bridgehead atoms. The summed E-state index contributed by atoms with van der Waals surface area (Å²) in [6.07, 6.45) is 3.24. The largest absolute Gasteiger partial charge is 0.504 e. The van der Waals surface area contributed by atoms with E-state index in [4.69, 9.17) is 18.9 Å². The zero-order valence-corrected chi connectivity index (χ0v) is 26.6. The molecule has 0 saturated carbocycles. The predicted octanol–water partition coefficient (Wildman–Crippen LogP) is 5.28. The summed E-state index contributed by atoms with van der Waals surface area (Å²) in [6, 6.07) is 20.1. The van der Waals surface area contributed by atoms with Crippen molar-refractivity contribution in [2.24, 2.45) is 0 Å². The molecule has 2 unspecified atom stereocenters. The average molecular weight is 611 g/mol. The molecule has 3 N–H and O–H groups in total. The van der Waals surface area contributed by atoms with Gasteiger partial charge in [-0.25, -0.2) is 0 Å². The van der Waals surface area contributed by atoms with Crippen LogP contribution in [0.25, 0.3) is 0 Å². The van der Waals surface area contributed by atoms with E-state index in [-0.39, 0.29) is 23.6 Å². The first-order valence-corrected chi connectivity index (χ1v) is 15.7. The number of nitrogens with zero attached hydrogens (tertiary/aromatic N) is 1. The third-order valence-electron chi connectivity index (χ3n) is 10.1. The third kappa shape index (κ3) is 5.22. The van der Waals surface area contributed by atoms with E-state index in [1.54, 1.807) is 20.3 Å². The SMILES string of the molecule is COc1cc2c3cc1Oc1cc(ccc1O)CC1c4c(cc(OC)c(O)c4Oc4ccc(cc4)C[C@@H]3[NH+](C)CC2)CC[N+]1(C)C. The van der Waals surface area contributed by atoms with Crippen molar-refractivity contribution in [1.82, 2.24) is 0 Å². The topological polar surface area (TPSA) is 81.8 Å². The summed E-state index contributed by atoms with van der Waals surface area (Å²) in [7, 11) is 9.90. The Kier molecular flexibility index (Phi) is 7.29. The highest BCUT2D eigenvalue weighted by atomic mass is 16.5. The minimum Gasteiger partial charge on any atom is -0.504 e. The highest BCUT2D eigenvalue weighted by molar-refractivity contribution is 5.61. The van der Waals surface area contributed by atoms with E-state index in [0.717, 1.165) is 49.0 Å². The molecule has 4 aromatic rings. The number of methoxy groups -OCH3 is 2. The lowest BCUT2D eigenvalue weighted by molar-refractivity contribution is -0.923. The number of nitrogens with one attached hydrogen (secondary N) is 1. The minimum atomic E-state index is -0.0475. The van der Waals surface area contributed by atoms with Crippen molar-refractivity contribution in [2.45, 2.75) is 37.8 Å². The van der Waals surface area contributed by atoms with Crippen molar-refractivity contribution in [3.8, 4) is 46.0 Å². The number of fused-ring (bicyclic) bond motifs is 2. The average Bonchev–Trinajstić information content (AvgIpc) is 3.03. The molecular formula is C37H42N2O6+2. The number of hydrogen-bond donors (Lipinski definition) is 3. The summed E-state index contributed by atoms with van der Waals surface area (Å²) in [5.41, 5.74) is 6.75. The quantitative estimate of drug-likeness (QED) is 0.268. The molecule has 0 fully saturated rings. The molecule has 0 aliphatic carbocycles. The van der Waals surface area contributed by atoms with Crippen LogP contribution < -0.4 is 23.8 Å². The van der Waals surface area contributed by atoms with Gasteiger partial charge in [0.2, 0.25) is 5.75 Å². The van der Waals surface area contributed by atoms with Gasteiger partial charge in [0.25, 0.3) is 0 Å². The molecule has 0 spiro atoms. The number of rotatable bonds is 2. The van der Waals surface area contributed by atoms with Gasteiger partial charge in [0.15, 0.2) is 34.5 Å². The number of phenols is 2. The first-order chi connectivity index (χ1) is 21.6. The number of phenolic OH excluding ortho intramolecular Hbond substituents is 2. The second-order valence-electron chi connectivity index (χ2n) is 13.3. The molecule has 8 nitrogen and oxygen atoms in total. The number of aromatic hydroxyl groups is 2. The number of ether oxygens (including phenoxy) is 4. The van der Waals surface area contributed by atoms with E-state index in [2.05, 4.69) is 45.4 Å². The fraction of sp³-hybridized carbons (Fsp3) is 0.351. The van der Waals surface area contributed by atoms with Crippen LogP contribution in [0, 0.1) is 0 Å². The zero-order chi connectivity index (χ0) is 31.5. The maximum Gasteiger partial charge on any atom is 0.201 e. The molecule has 4 aromatic carbocycles. The Balaban J connectivity index is 1.43. The van der Waals surface area contributed by atoms with Crippen molar-refractivity contribution < 1.29 is 38.5 Å². The Morgan fingerprint density at radius 3 is 2.29 bits per heavy atom. The smallest absolute Gasteiger partial charge is 0.201 e. The van der Waals surface area contributed by atoms with Crippen molar-refractivity contribution in [1.29, 1.82) is 0 Å². The molecule has 0 saturated heterocycles. The summed E-state index contributed by atoms with van der Waals surface area (Å²) in [4.78, 5) is 1.43. The van der Waals surface area contributed by atoms with Crippen LogP contribution in [-0.4, -0.2) is 63.1 Å². The number of benzene rings is 4. The first-order valence-electron chi connectivity index (χ1n) is 15.7. The van der Waals surface area contributed by atoms with Crippen molar-refractivity contribution in [3.05, 3.63) is 94.0 Å². The molecule has 4 heterocycles. The van der Waals surface area contributed by atoms with Crippen LogP contribution in [0.15, 0.2) is 60.7 Å². The zero-order valence-electron chi connectivity index (χ0n) is 26.6. The molecular weight excluding hydrogens is 568 g/mol. The normalized spacial score (nSPS) is 21.4. The van der Waals surface area contributed by atoms with E-state index in [1.165, 1.54) is 21.6 Å². The molecule has 45 heavy (non-hydrogen) atoms. The predicted molar refractivity (Wildman–Crippen MR) is 171 cm³/mol. The van der Waals surface area contributed by atoms with Gasteiger partial charge in [-0.05, 0) is 64.7 Å². The van der Waals surface area contributed by atoms with Gasteiger partial charge in [-0.15, -0.1) is 0 Å². The fourth-order valence-electron chi connectivity index (χ4n) is 7.39. The molecule has 4 aliphatic heterocycles. The van der Waals surface area contributed by atoms with Crippen LogP contribution >= 0.6 is 0 Å². The Morgan fingerprint density at radius 2 is 1.53 bits per heavy atom. The highest BCUT2D eigenvalue weighted by Crippen LogP contribution is 2.51. The lowest BCUT2D eigenvalue weighted by Crippen LogP contribution is -3.10. The van der Waals surface area contributed by atoms with Gasteiger partial charge in [-0.1, -0.05) is 18.2 Å². The van der Waals surface area contributed by atoms with Gasteiger partial charge in [0.1, 0.15) is 17.8 Å². The van der Waals surface area contributed by atoms with E-state index in [1.807, 2.05) is 30.3 Å². The van der Waals surface area contributed by atoms with Crippen molar-refractivity contribution in [2.75, 3.05) is 48.5 Å². The lowest BCUT2D eigenvalue weighted by Gasteiger charge is -2.43. The molecule has 0 amide bonds. The van der Waals surface area contributed by atoms with Gasteiger partial charge in [-0.2, -0.15) is 0 Å². The van der Waals surface area contributed by atoms with Gasteiger partial charge >= 0.3 is 0 Å². The van der Waals surface area contributed by atoms with E-state index < -0.39 is 0 Å². The molecule has 0 radical (unpaired) electrons. The number of likely N-dealkylation sites (N-methyl/N-ethyl adjacent to an activating group) is 2. The Bertz CT molecular complexity index is 1770. The van der Waals surface area contributed by atoms with Crippen LogP contribution in [0.5, 0.6) is 46.0 Å². The first kappa shape index (κ1) is 29.3. The lowest BCUT2D eigenvalue weighted by atomic mass is 9.86. The summed E-state index contributed by atoms with van der Waals surface area (Å²) in [5.74, 6) is 3.20. The molecule has 8 rings (SSSR count).